The predicted molar refractivity (Wildman–Crippen MR) is 118 cm³/mol. The van der Waals surface area contributed by atoms with Gasteiger partial charge in [-0.05, 0) is 31.5 Å². The summed E-state index contributed by atoms with van der Waals surface area (Å²) in [5.41, 5.74) is 4.11. The van der Waals surface area contributed by atoms with Gasteiger partial charge in [0.1, 0.15) is 22.0 Å². The maximum atomic E-state index is 13.4. The number of nitrogens with one attached hydrogen (secondary N) is 1. The monoisotopic (exact) mass is 437 g/mol. The highest BCUT2D eigenvalue weighted by atomic mass is 32.1. The quantitative estimate of drug-likeness (QED) is 0.456. The number of halogens is 1. The highest BCUT2D eigenvalue weighted by molar-refractivity contribution is 7.17. The lowest BCUT2D eigenvalue weighted by Crippen LogP contribution is -2.16. The second kappa shape index (κ2) is 8.31. The zero-order valence-electron chi connectivity index (χ0n) is 17.2. The predicted octanol–water partition coefficient (Wildman–Crippen LogP) is 4.79. The molecule has 6 nitrogen and oxygen atoms in total. The molecule has 4 rings (SSSR count). The fraction of sp³-hybridized carbons (Fsp3) is 0.174. The van der Waals surface area contributed by atoms with Gasteiger partial charge < -0.3 is 14.5 Å². The lowest BCUT2D eigenvalue weighted by Gasteiger charge is -2.08. The summed E-state index contributed by atoms with van der Waals surface area (Å²) in [6.07, 6.45) is 2.90. The molecule has 1 amide bonds. The maximum Gasteiger partial charge on any atom is 0.341 e. The zero-order valence-corrected chi connectivity index (χ0v) is 18.0. The van der Waals surface area contributed by atoms with Crippen LogP contribution < -0.4 is 5.32 Å². The molecule has 4 aromatic rings. The molecule has 0 aliphatic heterocycles. The van der Waals surface area contributed by atoms with Gasteiger partial charge in [-0.3, -0.25) is 4.79 Å². The summed E-state index contributed by atoms with van der Waals surface area (Å²) in [5.74, 6) is -1.23. The van der Waals surface area contributed by atoms with Crippen LogP contribution in [-0.2, 0) is 16.0 Å². The fourth-order valence-corrected chi connectivity index (χ4v) is 4.52. The molecule has 0 fully saturated rings. The summed E-state index contributed by atoms with van der Waals surface area (Å²) in [5, 5.41) is 3.26. The van der Waals surface area contributed by atoms with Crippen molar-refractivity contribution < 1.29 is 18.7 Å². The number of anilines is 1. The van der Waals surface area contributed by atoms with Crippen molar-refractivity contribution in [3.05, 3.63) is 76.3 Å². The van der Waals surface area contributed by atoms with Crippen LogP contribution in [0.4, 0.5) is 9.39 Å². The van der Waals surface area contributed by atoms with E-state index in [1.165, 1.54) is 35.1 Å². The van der Waals surface area contributed by atoms with E-state index in [1.54, 1.807) is 12.3 Å². The molecule has 3 heterocycles. The van der Waals surface area contributed by atoms with Crippen LogP contribution in [0, 0.1) is 19.7 Å². The number of nitrogens with zero attached hydrogens (tertiary/aromatic N) is 2. The third-order valence-electron chi connectivity index (χ3n) is 4.87. The van der Waals surface area contributed by atoms with Gasteiger partial charge >= 0.3 is 5.97 Å². The summed E-state index contributed by atoms with van der Waals surface area (Å²) >= 11 is 1.32. The van der Waals surface area contributed by atoms with Crippen molar-refractivity contribution in [2.45, 2.75) is 20.3 Å². The fourth-order valence-electron chi connectivity index (χ4n) is 3.44. The van der Waals surface area contributed by atoms with Crippen molar-refractivity contribution in [3.63, 3.8) is 0 Å². The number of aromatic nitrogens is 2. The van der Waals surface area contributed by atoms with Gasteiger partial charge in [0.25, 0.3) is 0 Å². The molecule has 0 radical (unpaired) electrons. The Hall–Kier alpha value is -3.52. The number of hydrogen-bond donors (Lipinski definition) is 1. The molecule has 1 N–H and O–H groups in total. The Balaban J connectivity index is 1.63. The number of thiophene rings is 1. The van der Waals surface area contributed by atoms with E-state index in [4.69, 9.17) is 4.74 Å². The smallest absolute Gasteiger partial charge is 0.341 e. The summed E-state index contributed by atoms with van der Waals surface area (Å²) in [4.78, 5) is 30.5. The van der Waals surface area contributed by atoms with Gasteiger partial charge in [0.15, 0.2) is 0 Å². The standard InChI is InChI=1S/C23H20FN3O3S/c1-13-4-6-15(7-5-13)20-14(2)31-22(21(20)23(29)30-3)26-19(28)10-17-12-27-11-16(24)8-9-18(27)25-17/h4-9,11-12H,10H2,1-3H3,(H,26,28). The Kier molecular flexibility index (Phi) is 5.56. The van der Waals surface area contributed by atoms with Crippen LogP contribution in [0.1, 0.15) is 26.5 Å². The molecule has 158 valence electrons. The first kappa shape index (κ1) is 20.7. The van der Waals surface area contributed by atoms with Crippen molar-refractivity contribution >= 4 is 33.9 Å². The number of fused-ring (bicyclic) bond motifs is 1. The molecular weight excluding hydrogens is 417 g/mol. The van der Waals surface area contributed by atoms with Crippen LogP contribution >= 0.6 is 11.3 Å². The van der Waals surface area contributed by atoms with Crippen molar-refractivity contribution in [2.75, 3.05) is 12.4 Å². The van der Waals surface area contributed by atoms with Gasteiger partial charge in [0, 0.05) is 22.8 Å². The molecule has 0 aliphatic rings. The van der Waals surface area contributed by atoms with Gasteiger partial charge in [0.05, 0.1) is 19.2 Å². The van der Waals surface area contributed by atoms with Gasteiger partial charge in [0.2, 0.25) is 5.91 Å². The Bertz CT molecular complexity index is 1290. The van der Waals surface area contributed by atoms with Crippen LogP contribution in [-0.4, -0.2) is 28.4 Å². The van der Waals surface area contributed by atoms with E-state index < -0.39 is 5.97 Å². The summed E-state index contributed by atoms with van der Waals surface area (Å²) in [6, 6.07) is 10.7. The van der Waals surface area contributed by atoms with Gasteiger partial charge in [-0.25, -0.2) is 14.2 Å². The molecule has 0 saturated heterocycles. The number of esters is 1. The van der Waals surface area contributed by atoms with E-state index >= 15 is 0 Å². The molecular formula is C23H20FN3O3S. The van der Waals surface area contributed by atoms with Crippen molar-refractivity contribution in [1.82, 2.24) is 9.38 Å². The molecule has 0 unspecified atom stereocenters. The number of benzene rings is 1. The van der Waals surface area contributed by atoms with Gasteiger partial charge in [-0.15, -0.1) is 11.3 Å². The third kappa shape index (κ3) is 4.20. The topological polar surface area (TPSA) is 72.7 Å². The minimum absolute atomic E-state index is 0.0132. The molecule has 8 heteroatoms. The number of pyridine rings is 1. The van der Waals surface area contributed by atoms with E-state index in [0.29, 0.717) is 21.9 Å². The second-order valence-corrected chi connectivity index (χ2v) is 8.39. The summed E-state index contributed by atoms with van der Waals surface area (Å²) < 4.78 is 19.9. The van der Waals surface area contributed by atoms with Crippen molar-refractivity contribution in [1.29, 1.82) is 0 Å². The lowest BCUT2D eigenvalue weighted by molar-refractivity contribution is -0.115. The zero-order chi connectivity index (χ0) is 22.1. The third-order valence-corrected chi connectivity index (χ3v) is 5.89. The largest absolute Gasteiger partial charge is 0.465 e. The number of rotatable bonds is 5. The van der Waals surface area contributed by atoms with Crippen molar-refractivity contribution in [3.8, 4) is 11.1 Å². The van der Waals surface area contributed by atoms with Crippen molar-refractivity contribution in [2.24, 2.45) is 0 Å². The van der Waals surface area contributed by atoms with E-state index in [9.17, 15) is 14.0 Å². The van der Waals surface area contributed by atoms with E-state index in [-0.39, 0.29) is 18.1 Å². The average Bonchev–Trinajstić information content (AvgIpc) is 3.27. The first-order chi connectivity index (χ1) is 14.9. The molecule has 0 aliphatic carbocycles. The first-order valence-electron chi connectivity index (χ1n) is 9.57. The Morgan fingerprint density at radius 2 is 1.87 bits per heavy atom. The number of aryl methyl sites for hydroxylation is 2. The number of carbonyl (C=O) groups excluding carboxylic acids is 2. The molecule has 0 bridgehead atoms. The molecule has 3 aromatic heterocycles. The Morgan fingerprint density at radius 1 is 1.13 bits per heavy atom. The van der Waals surface area contributed by atoms with Crippen LogP contribution in [0.3, 0.4) is 0 Å². The highest BCUT2D eigenvalue weighted by Gasteiger charge is 2.25. The minimum atomic E-state index is -0.515. The highest BCUT2D eigenvalue weighted by Crippen LogP contribution is 2.40. The molecule has 31 heavy (non-hydrogen) atoms. The number of amides is 1. The average molecular weight is 437 g/mol. The van der Waals surface area contributed by atoms with E-state index in [2.05, 4.69) is 10.3 Å². The number of ether oxygens (including phenoxy) is 1. The number of hydrogen-bond acceptors (Lipinski definition) is 5. The van der Waals surface area contributed by atoms with Crippen LogP contribution in [0.2, 0.25) is 0 Å². The van der Waals surface area contributed by atoms with Crippen LogP contribution in [0.25, 0.3) is 16.8 Å². The maximum absolute atomic E-state index is 13.4. The number of methoxy groups -OCH3 is 1. The molecule has 0 atom stereocenters. The SMILES string of the molecule is COC(=O)c1c(NC(=O)Cc2cn3cc(F)ccc3n2)sc(C)c1-c1ccc(C)cc1. The van der Waals surface area contributed by atoms with Crippen LogP contribution in [0.5, 0.6) is 0 Å². The van der Waals surface area contributed by atoms with E-state index in [1.807, 2.05) is 38.1 Å². The molecule has 0 spiro atoms. The summed E-state index contributed by atoms with van der Waals surface area (Å²) in [7, 11) is 1.32. The minimum Gasteiger partial charge on any atom is -0.465 e. The van der Waals surface area contributed by atoms with E-state index in [0.717, 1.165) is 21.6 Å². The van der Waals surface area contributed by atoms with Gasteiger partial charge in [-0.1, -0.05) is 29.8 Å². The Morgan fingerprint density at radius 3 is 2.58 bits per heavy atom. The first-order valence-corrected chi connectivity index (χ1v) is 10.4. The Labute approximate surface area is 182 Å². The number of carbonyl (C=O) groups is 2. The number of imidazole rings is 1. The molecule has 0 saturated carbocycles. The second-order valence-electron chi connectivity index (χ2n) is 7.16. The molecule has 1 aromatic carbocycles. The summed E-state index contributed by atoms with van der Waals surface area (Å²) in [6.45, 7) is 3.89. The normalized spacial score (nSPS) is 11.0. The lowest BCUT2D eigenvalue weighted by atomic mass is 10.0. The van der Waals surface area contributed by atoms with Crippen LogP contribution in [0.15, 0.2) is 48.8 Å². The van der Waals surface area contributed by atoms with Gasteiger partial charge in [-0.2, -0.15) is 0 Å².